The standard InChI is InChI=1S/C27H26N2O5S2/c1-6-13-34-25(33)23-15(2)28-26(36-23)29-20(16-9-11-17(12-10-16)27(3,4)5)19(22(31)24(29)32)21(30)18-8-7-14-35-18/h6-12,14,20,31H,1,13H2,2-5H3/t20-/m1/s1. The number of esters is 1. The van der Waals surface area contributed by atoms with Gasteiger partial charge in [0.2, 0.25) is 5.78 Å². The molecule has 0 bridgehead atoms. The number of benzene rings is 1. The molecule has 0 spiro atoms. The first-order chi connectivity index (χ1) is 17.0. The van der Waals surface area contributed by atoms with Gasteiger partial charge in [-0.25, -0.2) is 9.78 Å². The van der Waals surface area contributed by atoms with Crippen LogP contribution in [0.15, 0.2) is 65.8 Å². The number of aliphatic hydroxyl groups is 1. The summed E-state index contributed by atoms with van der Waals surface area (Å²) in [5.41, 5.74) is 2.00. The molecule has 0 unspecified atom stereocenters. The lowest BCUT2D eigenvalue weighted by Crippen LogP contribution is -2.31. The third kappa shape index (κ3) is 4.64. The highest BCUT2D eigenvalue weighted by molar-refractivity contribution is 7.17. The Morgan fingerprint density at radius 3 is 2.50 bits per heavy atom. The molecule has 9 heteroatoms. The zero-order valence-electron chi connectivity index (χ0n) is 20.4. The molecule has 36 heavy (non-hydrogen) atoms. The highest BCUT2D eigenvalue weighted by atomic mass is 32.1. The van der Waals surface area contributed by atoms with Crippen LogP contribution in [0.4, 0.5) is 5.13 Å². The van der Waals surface area contributed by atoms with E-state index in [1.807, 2.05) is 24.3 Å². The lowest BCUT2D eigenvalue weighted by atomic mass is 9.85. The monoisotopic (exact) mass is 522 g/mol. The fourth-order valence-corrected chi connectivity index (χ4v) is 5.60. The number of aryl methyl sites for hydroxylation is 1. The summed E-state index contributed by atoms with van der Waals surface area (Å²) in [5, 5.41) is 12.9. The van der Waals surface area contributed by atoms with Crippen LogP contribution in [0.3, 0.4) is 0 Å². The van der Waals surface area contributed by atoms with E-state index in [9.17, 15) is 19.5 Å². The smallest absolute Gasteiger partial charge is 0.350 e. The van der Waals surface area contributed by atoms with Crippen molar-refractivity contribution in [1.82, 2.24) is 4.98 Å². The number of ether oxygens (including phenoxy) is 1. The molecule has 2 aromatic heterocycles. The number of aromatic nitrogens is 1. The SMILES string of the molecule is C=CCOC(=O)c1sc(N2C(=O)C(O)=C(C(=O)c3cccs3)[C@H]2c2ccc(C(C)(C)C)cc2)nc1C. The number of hydrogen-bond acceptors (Lipinski definition) is 8. The normalized spacial score (nSPS) is 15.9. The van der Waals surface area contributed by atoms with Crippen LogP contribution < -0.4 is 4.90 Å². The van der Waals surface area contributed by atoms with E-state index >= 15 is 0 Å². The van der Waals surface area contributed by atoms with E-state index in [2.05, 4.69) is 32.3 Å². The van der Waals surface area contributed by atoms with Crippen LogP contribution in [0.5, 0.6) is 0 Å². The molecule has 4 rings (SSSR count). The summed E-state index contributed by atoms with van der Waals surface area (Å²) in [6, 6.07) is 10.1. The molecule has 0 aliphatic carbocycles. The predicted molar refractivity (Wildman–Crippen MR) is 141 cm³/mol. The molecule has 1 aliphatic heterocycles. The van der Waals surface area contributed by atoms with Gasteiger partial charge in [-0.1, -0.05) is 75.1 Å². The fraction of sp³-hybridized carbons (Fsp3) is 0.259. The van der Waals surface area contributed by atoms with Crippen LogP contribution in [-0.2, 0) is 14.9 Å². The van der Waals surface area contributed by atoms with E-state index in [4.69, 9.17) is 4.74 Å². The Kier molecular flexibility index (Phi) is 6.97. The number of carbonyl (C=O) groups is 3. The molecular weight excluding hydrogens is 496 g/mol. The molecule has 0 saturated carbocycles. The number of anilines is 1. The zero-order valence-corrected chi connectivity index (χ0v) is 22.0. The van der Waals surface area contributed by atoms with E-state index in [1.165, 1.54) is 22.3 Å². The van der Waals surface area contributed by atoms with Gasteiger partial charge in [-0.3, -0.25) is 14.5 Å². The van der Waals surface area contributed by atoms with Crippen molar-refractivity contribution < 1.29 is 24.2 Å². The predicted octanol–water partition coefficient (Wildman–Crippen LogP) is 5.94. The van der Waals surface area contributed by atoms with Crippen molar-refractivity contribution >= 4 is 45.5 Å². The molecule has 1 atom stereocenters. The first-order valence-electron chi connectivity index (χ1n) is 11.3. The van der Waals surface area contributed by atoms with Crippen LogP contribution in [-0.4, -0.2) is 34.4 Å². The molecule has 3 heterocycles. The molecule has 0 fully saturated rings. The van der Waals surface area contributed by atoms with Crippen LogP contribution >= 0.6 is 22.7 Å². The number of aliphatic hydroxyl groups excluding tert-OH is 1. The third-order valence-corrected chi connectivity index (χ3v) is 7.80. The van der Waals surface area contributed by atoms with Crippen molar-refractivity contribution in [3.8, 4) is 0 Å². The quantitative estimate of drug-likeness (QED) is 0.234. The van der Waals surface area contributed by atoms with E-state index in [1.54, 1.807) is 24.4 Å². The van der Waals surface area contributed by atoms with Gasteiger partial charge in [-0.15, -0.1) is 11.3 Å². The number of nitrogens with zero attached hydrogens (tertiary/aromatic N) is 2. The van der Waals surface area contributed by atoms with Crippen molar-refractivity contribution in [2.24, 2.45) is 0 Å². The van der Waals surface area contributed by atoms with Crippen LogP contribution in [0.1, 0.15) is 63.0 Å². The number of thiophene rings is 1. The first-order valence-corrected chi connectivity index (χ1v) is 12.9. The molecule has 3 aromatic rings. The van der Waals surface area contributed by atoms with E-state index in [0.717, 1.165) is 16.9 Å². The van der Waals surface area contributed by atoms with Gasteiger partial charge >= 0.3 is 5.97 Å². The Morgan fingerprint density at radius 1 is 1.22 bits per heavy atom. The average Bonchev–Trinajstić information content (AvgIpc) is 3.56. The number of rotatable bonds is 7. The maximum Gasteiger partial charge on any atom is 0.350 e. The number of carbonyl (C=O) groups excluding carboxylic acids is 3. The van der Waals surface area contributed by atoms with Crippen molar-refractivity contribution in [3.05, 3.63) is 92.3 Å². The Hall–Kier alpha value is -3.56. The Bertz CT molecular complexity index is 1360. The lowest BCUT2D eigenvalue weighted by Gasteiger charge is -2.26. The Balaban J connectivity index is 1.83. The van der Waals surface area contributed by atoms with Crippen LogP contribution in [0, 0.1) is 6.92 Å². The molecular formula is C27H26N2O5S2. The maximum atomic E-state index is 13.5. The summed E-state index contributed by atoms with van der Waals surface area (Å²) in [5.74, 6) is -2.38. The van der Waals surface area contributed by atoms with Gasteiger partial charge in [0.25, 0.3) is 5.91 Å². The lowest BCUT2D eigenvalue weighted by molar-refractivity contribution is -0.117. The van der Waals surface area contributed by atoms with Gasteiger partial charge in [0.1, 0.15) is 11.5 Å². The number of Topliss-reactive ketones (excluding diaryl/α,β-unsaturated/α-hetero) is 1. The van der Waals surface area contributed by atoms with Crippen LogP contribution in [0.25, 0.3) is 0 Å². The minimum absolute atomic E-state index is 0.0189. The van der Waals surface area contributed by atoms with Crippen molar-refractivity contribution in [3.63, 3.8) is 0 Å². The van der Waals surface area contributed by atoms with Gasteiger partial charge in [0.15, 0.2) is 10.9 Å². The Morgan fingerprint density at radius 2 is 1.92 bits per heavy atom. The topological polar surface area (TPSA) is 96.8 Å². The highest BCUT2D eigenvalue weighted by Gasteiger charge is 2.46. The minimum Gasteiger partial charge on any atom is -0.503 e. The highest BCUT2D eigenvalue weighted by Crippen LogP contribution is 2.44. The number of hydrogen-bond donors (Lipinski definition) is 1. The summed E-state index contributed by atoms with van der Waals surface area (Å²) >= 11 is 2.21. The number of amides is 1. The summed E-state index contributed by atoms with van der Waals surface area (Å²) in [6.45, 7) is 11.5. The number of thiazole rings is 1. The molecule has 186 valence electrons. The summed E-state index contributed by atoms with van der Waals surface area (Å²) < 4.78 is 5.14. The minimum atomic E-state index is -0.913. The molecule has 0 radical (unpaired) electrons. The second-order valence-electron chi connectivity index (χ2n) is 9.32. The van der Waals surface area contributed by atoms with E-state index < -0.39 is 29.5 Å². The van der Waals surface area contributed by atoms with Crippen LogP contribution in [0.2, 0.25) is 0 Å². The van der Waals surface area contributed by atoms with Gasteiger partial charge in [-0.05, 0) is 34.9 Å². The van der Waals surface area contributed by atoms with Gasteiger partial charge in [0, 0.05) is 0 Å². The second kappa shape index (κ2) is 9.83. The molecule has 1 N–H and O–H groups in total. The second-order valence-corrected chi connectivity index (χ2v) is 11.2. The van der Waals surface area contributed by atoms with E-state index in [-0.39, 0.29) is 27.6 Å². The third-order valence-electron chi connectivity index (χ3n) is 5.80. The molecule has 1 amide bonds. The summed E-state index contributed by atoms with van der Waals surface area (Å²) in [6.07, 6.45) is 1.46. The van der Waals surface area contributed by atoms with Crippen molar-refractivity contribution in [2.75, 3.05) is 11.5 Å². The van der Waals surface area contributed by atoms with Gasteiger partial charge < -0.3 is 9.84 Å². The molecule has 7 nitrogen and oxygen atoms in total. The van der Waals surface area contributed by atoms with E-state index in [0.29, 0.717) is 16.1 Å². The largest absolute Gasteiger partial charge is 0.503 e. The Labute approximate surface area is 217 Å². The van der Waals surface area contributed by atoms with Gasteiger partial charge in [0.05, 0.1) is 22.2 Å². The van der Waals surface area contributed by atoms with Crippen molar-refractivity contribution in [2.45, 2.75) is 39.2 Å². The van der Waals surface area contributed by atoms with Gasteiger partial charge in [-0.2, -0.15) is 0 Å². The molecule has 1 aliphatic rings. The first kappa shape index (κ1) is 25.5. The average molecular weight is 523 g/mol. The maximum absolute atomic E-state index is 13.5. The number of ketones is 1. The van der Waals surface area contributed by atoms with Crippen molar-refractivity contribution in [1.29, 1.82) is 0 Å². The fourth-order valence-electron chi connectivity index (χ4n) is 3.93. The molecule has 1 aromatic carbocycles. The molecule has 0 saturated heterocycles. The summed E-state index contributed by atoms with van der Waals surface area (Å²) in [4.78, 5) is 45.7. The zero-order chi connectivity index (χ0) is 26.2. The summed E-state index contributed by atoms with van der Waals surface area (Å²) in [7, 11) is 0.